The van der Waals surface area contributed by atoms with Gasteiger partial charge in [-0.1, -0.05) is 18.2 Å². The van der Waals surface area contributed by atoms with E-state index < -0.39 is 29.6 Å². The van der Waals surface area contributed by atoms with Crippen molar-refractivity contribution in [1.29, 1.82) is 0 Å². The van der Waals surface area contributed by atoms with E-state index >= 15 is 0 Å². The van der Waals surface area contributed by atoms with Gasteiger partial charge in [-0.2, -0.15) is 0 Å². The second kappa shape index (κ2) is 7.88. The molecule has 0 saturated heterocycles. The number of halogens is 2. The first-order valence-electron chi connectivity index (χ1n) is 7.72. The van der Waals surface area contributed by atoms with Crippen LogP contribution >= 0.6 is 0 Å². The number of methoxy groups -OCH3 is 1. The summed E-state index contributed by atoms with van der Waals surface area (Å²) in [5, 5.41) is 2.47. The van der Waals surface area contributed by atoms with Crippen molar-refractivity contribution in [2.24, 2.45) is 0 Å². The van der Waals surface area contributed by atoms with Gasteiger partial charge in [-0.25, -0.2) is 13.6 Å². The maximum atomic E-state index is 13.8. The molecule has 1 atom stereocenters. The van der Waals surface area contributed by atoms with Crippen LogP contribution in [-0.4, -0.2) is 25.0 Å². The molecule has 0 radical (unpaired) electrons. The van der Waals surface area contributed by atoms with Crippen molar-refractivity contribution >= 4 is 11.9 Å². The summed E-state index contributed by atoms with van der Waals surface area (Å²) in [7, 11) is 1.21. The highest BCUT2D eigenvalue weighted by Crippen LogP contribution is 2.17. The molecule has 0 bridgehead atoms. The Labute approximate surface area is 144 Å². The van der Waals surface area contributed by atoms with Crippen LogP contribution in [-0.2, 0) is 16.0 Å². The van der Waals surface area contributed by atoms with Gasteiger partial charge in [0.2, 0.25) is 0 Å². The Hall–Kier alpha value is -2.76. The van der Waals surface area contributed by atoms with Crippen molar-refractivity contribution in [3.05, 3.63) is 70.3 Å². The van der Waals surface area contributed by atoms with E-state index in [2.05, 4.69) is 5.32 Å². The van der Waals surface area contributed by atoms with E-state index in [4.69, 9.17) is 4.74 Å². The molecule has 0 saturated carbocycles. The summed E-state index contributed by atoms with van der Waals surface area (Å²) in [4.78, 5) is 24.3. The number of benzene rings is 2. The van der Waals surface area contributed by atoms with Gasteiger partial charge in [0, 0.05) is 12.5 Å². The number of hydrogen-bond acceptors (Lipinski definition) is 3. The molecule has 2 aromatic rings. The molecule has 0 aromatic heterocycles. The zero-order valence-corrected chi connectivity index (χ0v) is 14.2. The Morgan fingerprint density at radius 1 is 1.12 bits per heavy atom. The number of esters is 1. The van der Waals surface area contributed by atoms with Crippen LogP contribution in [0.3, 0.4) is 0 Å². The largest absolute Gasteiger partial charge is 0.467 e. The Kier molecular flexibility index (Phi) is 5.85. The summed E-state index contributed by atoms with van der Waals surface area (Å²) in [6, 6.07) is 7.35. The third-order valence-corrected chi connectivity index (χ3v) is 4.02. The Morgan fingerprint density at radius 2 is 1.76 bits per heavy atom. The number of ether oxygens (including phenoxy) is 1. The zero-order valence-electron chi connectivity index (χ0n) is 14.2. The lowest BCUT2D eigenvalue weighted by Gasteiger charge is -2.19. The average Bonchev–Trinajstić information content (AvgIpc) is 2.56. The molecule has 0 aliphatic rings. The first kappa shape index (κ1) is 18.6. The van der Waals surface area contributed by atoms with Crippen LogP contribution in [0, 0.1) is 25.5 Å². The van der Waals surface area contributed by atoms with E-state index in [9.17, 15) is 18.4 Å². The molecule has 2 aromatic carbocycles. The molecule has 6 heteroatoms. The van der Waals surface area contributed by atoms with Crippen LogP contribution < -0.4 is 5.32 Å². The number of rotatable bonds is 5. The smallest absolute Gasteiger partial charge is 0.328 e. The molecule has 25 heavy (non-hydrogen) atoms. The molecule has 0 heterocycles. The highest BCUT2D eigenvalue weighted by molar-refractivity contribution is 5.97. The second-order valence-electron chi connectivity index (χ2n) is 5.75. The molecular formula is C19H19F2NO3. The highest BCUT2D eigenvalue weighted by Gasteiger charge is 2.25. The van der Waals surface area contributed by atoms with Crippen LogP contribution in [0.1, 0.15) is 27.0 Å². The van der Waals surface area contributed by atoms with Gasteiger partial charge in [-0.3, -0.25) is 4.79 Å². The summed E-state index contributed by atoms with van der Waals surface area (Å²) < 4.78 is 31.5. The average molecular weight is 347 g/mol. The van der Waals surface area contributed by atoms with Crippen molar-refractivity contribution < 1.29 is 23.1 Å². The Bertz CT molecular complexity index is 785. The predicted molar refractivity (Wildman–Crippen MR) is 89.2 cm³/mol. The first-order valence-corrected chi connectivity index (χ1v) is 7.72. The van der Waals surface area contributed by atoms with Crippen molar-refractivity contribution in [3.8, 4) is 0 Å². The van der Waals surface area contributed by atoms with Crippen LogP contribution in [0.15, 0.2) is 36.4 Å². The highest BCUT2D eigenvalue weighted by atomic mass is 19.1. The SMILES string of the molecule is COC(=O)[C@H](Cc1c(C)cccc1C)NC(=O)c1ccc(F)cc1F. The molecule has 4 nitrogen and oxygen atoms in total. The van der Waals surface area contributed by atoms with E-state index in [0.29, 0.717) is 6.07 Å². The van der Waals surface area contributed by atoms with Gasteiger partial charge in [-0.05, 0) is 42.7 Å². The number of amides is 1. The second-order valence-corrected chi connectivity index (χ2v) is 5.75. The van der Waals surface area contributed by atoms with Crippen LogP contribution in [0.5, 0.6) is 0 Å². The Balaban J connectivity index is 2.26. The zero-order chi connectivity index (χ0) is 18.6. The Morgan fingerprint density at radius 3 is 2.32 bits per heavy atom. The molecule has 2 rings (SSSR count). The molecule has 0 spiro atoms. The molecule has 0 aliphatic heterocycles. The number of hydrogen-bond donors (Lipinski definition) is 1. The summed E-state index contributed by atoms with van der Waals surface area (Å²) >= 11 is 0. The third kappa shape index (κ3) is 4.41. The van der Waals surface area contributed by atoms with Gasteiger partial charge < -0.3 is 10.1 Å². The van der Waals surface area contributed by atoms with Crippen LogP contribution in [0.4, 0.5) is 8.78 Å². The minimum Gasteiger partial charge on any atom is -0.467 e. The van der Waals surface area contributed by atoms with Crippen molar-refractivity contribution in [3.63, 3.8) is 0 Å². The van der Waals surface area contributed by atoms with E-state index in [1.54, 1.807) is 0 Å². The third-order valence-electron chi connectivity index (χ3n) is 4.02. The van der Waals surface area contributed by atoms with E-state index in [0.717, 1.165) is 28.8 Å². The minimum atomic E-state index is -0.992. The lowest BCUT2D eigenvalue weighted by atomic mass is 9.96. The lowest BCUT2D eigenvalue weighted by Crippen LogP contribution is -2.43. The minimum absolute atomic E-state index is 0.208. The topological polar surface area (TPSA) is 55.4 Å². The summed E-state index contributed by atoms with van der Waals surface area (Å²) in [5.41, 5.74) is 2.50. The van der Waals surface area contributed by atoms with E-state index in [-0.39, 0.29) is 12.0 Å². The molecular weight excluding hydrogens is 328 g/mol. The monoisotopic (exact) mass is 347 g/mol. The summed E-state index contributed by atoms with van der Waals surface area (Å²) in [5.74, 6) is -3.22. The number of carbonyl (C=O) groups excluding carboxylic acids is 2. The summed E-state index contributed by atoms with van der Waals surface area (Å²) in [6.45, 7) is 3.80. The van der Waals surface area contributed by atoms with Crippen molar-refractivity contribution in [2.45, 2.75) is 26.3 Å². The maximum absolute atomic E-state index is 13.8. The molecule has 0 aliphatic carbocycles. The lowest BCUT2D eigenvalue weighted by molar-refractivity contribution is -0.142. The van der Waals surface area contributed by atoms with E-state index in [1.165, 1.54) is 7.11 Å². The molecule has 1 amide bonds. The normalized spacial score (nSPS) is 11.7. The fourth-order valence-electron chi connectivity index (χ4n) is 2.62. The van der Waals surface area contributed by atoms with Gasteiger partial charge in [0.1, 0.15) is 17.7 Å². The van der Waals surface area contributed by atoms with Crippen LogP contribution in [0.25, 0.3) is 0 Å². The van der Waals surface area contributed by atoms with Crippen molar-refractivity contribution in [2.75, 3.05) is 7.11 Å². The molecule has 1 N–H and O–H groups in total. The maximum Gasteiger partial charge on any atom is 0.328 e. The summed E-state index contributed by atoms with van der Waals surface area (Å²) in [6.07, 6.45) is 0.208. The molecule has 0 fully saturated rings. The van der Waals surface area contributed by atoms with Crippen LogP contribution in [0.2, 0.25) is 0 Å². The van der Waals surface area contributed by atoms with Gasteiger partial charge >= 0.3 is 5.97 Å². The fraction of sp³-hybridized carbons (Fsp3) is 0.263. The fourth-order valence-corrected chi connectivity index (χ4v) is 2.62. The standard InChI is InChI=1S/C19H19F2NO3/c1-11-5-4-6-12(2)15(11)10-17(19(24)25-3)22-18(23)14-8-7-13(20)9-16(14)21/h4-9,17H,10H2,1-3H3,(H,22,23)/t17-/m0/s1. The number of aryl methyl sites for hydroxylation is 2. The van der Waals surface area contributed by atoms with E-state index in [1.807, 2.05) is 32.0 Å². The van der Waals surface area contributed by atoms with Gasteiger partial charge in [-0.15, -0.1) is 0 Å². The first-order chi connectivity index (χ1) is 11.8. The number of carbonyl (C=O) groups is 2. The van der Waals surface area contributed by atoms with Gasteiger partial charge in [0.15, 0.2) is 0 Å². The molecule has 0 unspecified atom stereocenters. The predicted octanol–water partition coefficient (Wildman–Crippen LogP) is 3.10. The number of nitrogens with one attached hydrogen (secondary N) is 1. The van der Waals surface area contributed by atoms with Gasteiger partial charge in [0.25, 0.3) is 5.91 Å². The molecule has 132 valence electrons. The van der Waals surface area contributed by atoms with Gasteiger partial charge in [0.05, 0.1) is 12.7 Å². The van der Waals surface area contributed by atoms with Crippen molar-refractivity contribution in [1.82, 2.24) is 5.32 Å². The quantitative estimate of drug-likeness (QED) is 0.846.